The Morgan fingerprint density at radius 2 is 1.17 bits per heavy atom. The Labute approximate surface area is 151 Å². The summed E-state index contributed by atoms with van der Waals surface area (Å²) in [6.07, 6.45) is -3.16. The number of unbranched alkanes of at least 4 members (excludes halogenated alkanes) is 1. The molecule has 24 heavy (non-hydrogen) atoms. The molecule has 0 aromatic carbocycles. The fourth-order valence-electron chi connectivity index (χ4n) is 1.32. The van der Waals surface area contributed by atoms with E-state index in [4.69, 9.17) is 0 Å². The minimum absolute atomic E-state index is 0. The van der Waals surface area contributed by atoms with Crippen LogP contribution in [0.25, 0.3) is 0 Å². The van der Waals surface area contributed by atoms with Gasteiger partial charge in [0, 0.05) is 6.42 Å². The third kappa shape index (κ3) is 3.96. The van der Waals surface area contributed by atoms with Crippen LogP contribution in [0.4, 0.5) is 43.9 Å². The average molecular weight is 410 g/mol. The van der Waals surface area contributed by atoms with E-state index in [9.17, 15) is 56.9 Å². The first-order valence-corrected chi connectivity index (χ1v) is 7.06. The second-order valence-corrected chi connectivity index (χ2v) is 5.92. The summed E-state index contributed by atoms with van der Waals surface area (Å²) in [7, 11) is -7.56. The summed E-state index contributed by atoms with van der Waals surface area (Å²) in [6, 6.07) is 0. The van der Waals surface area contributed by atoms with Crippen molar-refractivity contribution in [2.24, 2.45) is 0 Å². The molecular formula is C9H9F10NaO3S. The summed E-state index contributed by atoms with van der Waals surface area (Å²) in [6.45, 7) is 1.15. The Bertz CT molecular complexity index is 534. The summed E-state index contributed by atoms with van der Waals surface area (Å²) in [5.41, 5.74) is 0. The fraction of sp³-hybridized carbons (Fsp3) is 1.00. The minimum Gasteiger partial charge on any atom is -0.743 e. The van der Waals surface area contributed by atoms with E-state index < -0.39 is 51.9 Å². The van der Waals surface area contributed by atoms with Gasteiger partial charge in [0.1, 0.15) is 0 Å². The van der Waals surface area contributed by atoms with Crippen molar-refractivity contribution in [3.63, 3.8) is 0 Å². The van der Waals surface area contributed by atoms with Gasteiger partial charge >= 0.3 is 58.5 Å². The van der Waals surface area contributed by atoms with Crippen LogP contribution in [-0.4, -0.2) is 41.9 Å². The number of rotatable bonds is 8. The van der Waals surface area contributed by atoms with Crippen molar-refractivity contribution < 1.29 is 86.4 Å². The van der Waals surface area contributed by atoms with Gasteiger partial charge in [-0.3, -0.25) is 0 Å². The molecule has 0 rings (SSSR count). The first kappa shape index (κ1) is 26.4. The largest absolute Gasteiger partial charge is 1.00 e. The molecule has 15 heteroatoms. The van der Waals surface area contributed by atoms with Crippen LogP contribution >= 0.6 is 0 Å². The third-order valence-corrected chi connectivity index (χ3v) is 3.66. The zero-order valence-electron chi connectivity index (χ0n) is 12.0. The number of alkyl halides is 10. The van der Waals surface area contributed by atoms with Crippen molar-refractivity contribution in [1.82, 2.24) is 0 Å². The molecule has 0 atom stereocenters. The molecule has 0 unspecified atom stereocenters. The second-order valence-electron chi connectivity index (χ2n) is 4.50. The molecule has 0 aliphatic rings. The van der Waals surface area contributed by atoms with E-state index in [1.54, 1.807) is 0 Å². The van der Waals surface area contributed by atoms with Crippen molar-refractivity contribution >= 4 is 10.1 Å². The molecular weight excluding hydrogens is 401 g/mol. The van der Waals surface area contributed by atoms with Crippen molar-refractivity contribution in [1.29, 1.82) is 0 Å². The molecule has 0 aromatic heterocycles. The average Bonchev–Trinajstić information content (AvgIpc) is 2.34. The summed E-state index contributed by atoms with van der Waals surface area (Å²) < 4.78 is 159. The monoisotopic (exact) mass is 410 g/mol. The summed E-state index contributed by atoms with van der Waals surface area (Å²) in [5, 5.41) is -7.24. The Hall–Kier alpha value is 0.210. The van der Waals surface area contributed by atoms with E-state index in [1.165, 1.54) is 0 Å². The molecule has 0 fully saturated rings. The number of hydrogen-bond donors (Lipinski definition) is 0. The summed E-state index contributed by atoms with van der Waals surface area (Å²) in [4.78, 5) is 0. The van der Waals surface area contributed by atoms with Crippen molar-refractivity contribution in [3.8, 4) is 0 Å². The van der Waals surface area contributed by atoms with Crippen LogP contribution in [-0.2, 0) is 10.1 Å². The summed E-state index contributed by atoms with van der Waals surface area (Å²) >= 11 is 0. The van der Waals surface area contributed by atoms with Crippen molar-refractivity contribution in [3.05, 3.63) is 0 Å². The quantitative estimate of drug-likeness (QED) is 0.339. The predicted molar refractivity (Wildman–Crippen MR) is 54.0 cm³/mol. The SMILES string of the molecule is CCCCC(F)(F)C(F)(F)C(F)(F)C(F)(F)C(F)(F)S(=O)(=O)[O-].[Na+]. The van der Waals surface area contributed by atoms with Crippen LogP contribution < -0.4 is 29.6 Å². The molecule has 0 saturated heterocycles. The maximum absolute atomic E-state index is 13.1. The van der Waals surface area contributed by atoms with E-state index in [0.717, 1.165) is 6.92 Å². The molecule has 0 amide bonds. The van der Waals surface area contributed by atoms with Crippen LogP contribution in [0.3, 0.4) is 0 Å². The van der Waals surface area contributed by atoms with Gasteiger partial charge < -0.3 is 4.55 Å². The van der Waals surface area contributed by atoms with Gasteiger partial charge in [0.2, 0.25) is 0 Å². The third-order valence-electron chi connectivity index (χ3n) is 2.77. The van der Waals surface area contributed by atoms with Gasteiger partial charge in [0.25, 0.3) is 0 Å². The first-order valence-electron chi connectivity index (χ1n) is 5.65. The zero-order chi connectivity index (χ0) is 19.1. The van der Waals surface area contributed by atoms with E-state index in [1.807, 2.05) is 0 Å². The van der Waals surface area contributed by atoms with E-state index in [0.29, 0.717) is 0 Å². The van der Waals surface area contributed by atoms with E-state index in [-0.39, 0.29) is 36.0 Å². The molecule has 0 aromatic rings. The minimum atomic E-state index is -7.58. The molecule has 0 radical (unpaired) electrons. The molecule has 0 heterocycles. The Kier molecular flexibility index (Phi) is 8.20. The fourth-order valence-corrected chi connectivity index (χ4v) is 1.76. The van der Waals surface area contributed by atoms with Gasteiger partial charge in [-0.25, -0.2) is 8.42 Å². The first-order chi connectivity index (χ1) is 9.81. The Morgan fingerprint density at radius 1 is 0.792 bits per heavy atom. The van der Waals surface area contributed by atoms with E-state index in [2.05, 4.69) is 0 Å². The Morgan fingerprint density at radius 3 is 1.46 bits per heavy atom. The molecule has 0 N–H and O–H groups in total. The molecule has 0 aliphatic carbocycles. The maximum Gasteiger partial charge on any atom is 1.00 e. The van der Waals surface area contributed by atoms with Gasteiger partial charge in [-0.2, -0.15) is 43.9 Å². The van der Waals surface area contributed by atoms with Crippen LogP contribution in [0, 0.1) is 0 Å². The molecule has 140 valence electrons. The van der Waals surface area contributed by atoms with Crippen LogP contribution in [0.5, 0.6) is 0 Å². The second kappa shape index (κ2) is 7.45. The smallest absolute Gasteiger partial charge is 0.743 e. The normalized spacial score (nSPS) is 15.2. The Balaban J connectivity index is 0. The van der Waals surface area contributed by atoms with Gasteiger partial charge in [0.05, 0.1) is 0 Å². The zero-order valence-corrected chi connectivity index (χ0v) is 14.9. The van der Waals surface area contributed by atoms with Crippen LogP contribution in [0.2, 0.25) is 0 Å². The molecule has 0 bridgehead atoms. The van der Waals surface area contributed by atoms with Gasteiger partial charge in [0.15, 0.2) is 10.1 Å². The van der Waals surface area contributed by atoms with Gasteiger partial charge in [-0.15, -0.1) is 0 Å². The predicted octanol–water partition coefficient (Wildman–Crippen LogP) is 0.860. The number of halogens is 10. The number of hydrogen-bond acceptors (Lipinski definition) is 3. The molecule has 0 spiro atoms. The topological polar surface area (TPSA) is 57.2 Å². The van der Waals surface area contributed by atoms with Crippen LogP contribution in [0.15, 0.2) is 0 Å². The van der Waals surface area contributed by atoms with Gasteiger partial charge in [-0.05, 0) is 6.42 Å². The summed E-state index contributed by atoms with van der Waals surface area (Å²) in [5.74, 6) is -28.0. The van der Waals surface area contributed by atoms with Crippen molar-refractivity contribution in [2.45, 2.75) is 55.1 Å². The molecule has 3 nitrogen and oxygen atoms in total. The van der Waals surface area contributed by atoms with E-state index >= 15 is 0 Å². The molecule has 0 saturated carbocycles. The maximum atomic E-state index is 13.1. The standard InChI is InChI=1S/C9H10F10O3S.Na/c1-2-3-4-5(10,11)6(12,13)7(14,15)8(16,17)9(18,19)23(20,21)22;/h2-4H2,1H3,(H,20,21,22);/q;+1/p-1. The molecule has 0 aliphatic heterocycles. The van der Waals surface area contributed by atoms with Crippen LogP contribution in [0.1, 0.15) is 26.2 Å². The van der Waals surface area contributed by atoms with Crippen molar-refractivity contribution in [2.75, 3.05) is 0 Å². The van der Waals surface area contributed by atoms with Gasteiger partial charge in [-0.1, -0.05) is 13.3 Å².